The number of anilines is 2. The summed E-state index contributed by atoms with van der Waals surface area (Å²) in [4.78, 5) is 12.0. The highest BCUT2D eigenvalue weighted by molar-refractivity contribution is 5.93. The summed E-state index contributed by atoms with van der Waals surface area (Å²) in [6.45, 7) is 3.85. The molecule has 0 amide bonds. The summed E-state index contributed by atoms with van der Waals surface area (Å²) in [5.41, 5.74) is 7.07. The van der Waals surface area contributed by atoms with Gasteiger partial charge in [-0.2, -0.15) is 13.2 Å². The monoisotopic (exact) mass is 361 g/mol. The number of nitrogens with one attached hydrogen (secondary N) is 1. The maximum Gasteiger partial charge on any atom is 0.433 e. The Bertz CT molecular complexity index is 938. The fourth-order valence-electron chi connectivity index (χ4n) is 2.92. The molecule has 3 aromatic heterocycles. The lowest BCUT2D eigenvalue weighted by Gasteiger charge is -2.19. The van der Waals surface area contributed by atoms with Gasteiger partial charge in [0.05, 0.1) is 5.69 Å². The van der Waals surface area contributed by atoms with Crippen LogP contribution >= 0.6 is 0 Å². The first-order valence-electron chi connectivity index (χ1n) is 8.08. The van der Waals surface area contributed by atoms with Crippen LogP contribution in [0.15, 0.2) is 36.7 Å². The minimum absolute atomic E-state index is 0.0330. The Labute approximate surface area is 148 Å². The average molecular weight is 361 g/mol. The van der Waals surface area contributed by atoms with Gasteiger partial charge in [-0.15, -0.1) is 0 Å². The van der Waals surface area contributed by atoms with Crippen LogP contribution in [0, 0.1) is 0 Å². The summed E-state index contributed by atoms with van der Waals surface area (Å²) in [6.07, 6.45) is -1.79. The average Bonchev–Trinajstić information content (AvgIpc) is 2.58. The summed E-state index contributed by atoms with van der Waals surface area (Å²) in [5, 5.41) is 3.82. The number of aromatic nitrogens is 3. The fourth-order valence-corrected chi connectivity index (χ4v) is 2.92. The van der Waals surface area contributed by atoms with E-state index in [2.05, 4.69) is 20.3 Å². The second kappa shape index (κ2) is 6.78. The number of hydrogen-bond donors (Lipinski definition) is 2. The van der Waals surface area contributed by atoms with Gasteiger partial charge in [-0.1, -0.05) is 19.9 Å². The van der Waals surface area contributed by atoms with Gasteiger partial charge in [-0.25, -0.2) is 9.97 Å². The summed E-state index contributed by atoms with van der Waals surface area (Å²) in [7, 11) is 0. The van der Waals surface area contributed by atoms with Crippen molar-refractivity contribution in [2.45, 2.75) is 32.5 Å². The number of hydrogen-bond acceptors (Lipinski definition) is 5. The maximum absolute atomic E-state index is 13.2. The normalized spacial score (nSPS) is 11.9. The lowest BCUT2D eigenvalue weighted by molar-refractivity contribution is -0.141. The van der Waals surface area contributed by atoms with Crippen molar-refractivity contribution < 1.29 is 13.2 Å². The molecule has 0 aliphatic heterocycles. The van der Waals surface area contributed by atoms with Gasteiger partial charge in [0.2, 0.25) is 0 Å². The Morgan fingerprint density at radius 3 is 2.50 bits per heavy atom. The molecule has 0 saturated heterocycles. The summed E-state index contributed by atoms with van der Waals surface area (Å²) in [5.74, 6) is 0.349. The van der Waals surface area contributed by atoms with Crippen LogP contribution in [-0.2, 0) is 12.7 Å². The minimum Gasteiger partial charge on any atom is -0.383 e. The molecule has 0 spiro atoms. The molecule has 0 aliphatic rings. The molecule has 136 valence electrons. The SMILES string of the molecule is CC(C)c1c(N)nc2ncccc2c1NCc1cccnc1C(F)(F)F. The quantitative estimate of drug-likeness (QED) is 0.722. The Balaban J connectivity index is 2.06. The number of fused-ring (bicyclic) bond motifs is 1. The highest BCUT2D eigenvalue weighted by Crippen LogP contribution is 2.35. The third kappa shape index (κ3) is 3.40. The molecule has 0 saturated carbocycles. The second-order valence-corrected chi connectivity index (χ2v) is 6.18. The molecule has 0 aliphatic carbocycles. The molecule has 0 bridgehead atoms. The van der Waals surface area contributed by atoms with E-state index >= 15 is 0 Å². The van der Waals surface area contributed by atoms with E-state index in [-0.39, 0.29) is 18.0 Å². The smallest absolute Gasteiger partial charge is 0.383 e. The number of nitrogen functional groups attached to an aromatic ring is 1. The topological polar surface area (TPSA) is 76.7 Å². The van der Waals surface area contributed by atoms with E-state index in [1.165, 1.54) is 12.1 Å². The molecule has 5 nitrogen and oxygen atoms in total. The molecule has 3 aromatic rings. The molecule has 0 unspecified atom stereocenters. The van der Waals surface area contributed by atoms with Crippen molar-refractivity contribution in [3.05, 3.63) is 53.5 Å². The predicted octanol–water partition coefficient (Wildman–Crippen LogP) is 4.36. The fraction of sp³-hybridized carbons (Fsp3) is 0.278. The lowest BCUT2D eigenvalue weighted by Crippen LogP contribution is -2.15. The van der Waals surface area contributed by atoms with E-state index in [0.717, 1.165) is 11.8 Å². The van der Waals surface area contributed by atoms with Gasteiger partial charge in [0.25, 0.3) is 0 Å². The number of halogens is 3. The van der Waals surface area contributed by atoms with Crippen LogP contribution in [0.25, 0.3) is 11.0 Å². The van der Waals surface area contributed by atoms with Crippen LogP contribution in [0.5, 0.6) is 0 Å². The van der Waals surface area contributed by atoms with Gasteiger partial charge >= 0.3 is 6.18 Å². The number of alkyl halides is 3. The molecule has 0 fully saturated rings. The molecular formula is C18H18F3N5. The van der Waals surface area contributed by atoms with Crippen molar-refractivity contribution in [2.75, 3.05) is 11.1 Å². The number of rotatable bonds is 4. The van der Waals surface area contributed by atoms with E-state index in [1.807, 2.05) is 19.9 Å². The highest BCUT2D eigenvalue weighted by atomic mass is 19.4. The number of nitrogens with zero attached hydrogens (tertiary/aromatic N) is 3. The summed E-state index contributed by atoms with van der Waals surface area (Å²) < 4.78 is 39.5. The molecule has 3 N–H and O–H groups in total. The van der Waals surface area contributed by atoms with E-state index < -0.39 is 11.9 Å². The molecule has 3 heterocycles. The van der Waals surface area contributed by atoms with Gasteiger partial charge in [-0.05, 0) is 24.1 Å². The third-order valence-electron chi connectivity index (χ3n) is 4.02. The van der Waals surface area contributed by atoms with Gasteiger partial charge in [0.15, 0.2) is 5.65 Å². The van der Waals surface area contributed by atoms with Crippen molar-refractivity contribution in [1.29, 1.82) is 0 Å². The van der Waals surface area contributed by atoms with Crippen LogP contribution in [0.4, 0.5) is 24.7 Å². The zero-order valence-corrected chi connectivity index (χ0v) is 14.3. The Morgan fingerprint density at radius 2 is 1.81 bits per heavy atom. The van der Waals surface area contributed by atoms with Crippen molar-refractivity contribution >= 4 is 22.5 Å². The van der Waals surface area contributed by atoms with Crippen molar-refractivity contribution in [3.63, 3.8) is 0 Å². The molecule has 8 heteroatoms. The minimum atomic E-state index is -4.51. The maximum atomic E-state index is 13.2. The van der Waals surface area contributed by atoms with Crippen molar-refractivity contribution in [1.82, 2.24) is 15.0 Å². The van der Waals surface area contributed by atoms with Gasteiger partial charge < -0.3 is 11.1 Å². The van der Waals surface area contributed by atoms with Crippen LogP contribution in [-0.4, -0.2) is 15.0 Å². The molecular weight excluding hydrogens is 343 g/mol. The third-order valence-corrected chi connectivity index (χ3v) is 4.02. The predicted molar refractivity (Wildman–Crippen MR) is 94.6 cm³/mol. The molecule has 26 heavy (non-hydrogen) atoms. The summed E-state index contributed by atoms with van der Waals surface area (Å²) in [6, 6.07) is 6.46. The van der Waals surface area contributed by atoms with Crippen molar-refractivity contribution in [3.8, 4) is 0 Å². The number of pyridine rings is 3. The van der Waals surface area contributed by atoms with Gasteiger partial charge in [0, 0.05) is 35.5 Å². The van der Waals surface area contributed by atoms with Crippen LogP contribution in [0.3, 0.4) is 0 Å². The van der Waals surface area contributed by atoms with E-state index in [0.29, 0.717) is 22.5 Å². The molecule has 0 atom stereocenters. The van der Waals surface area contributed by atoms with Gasteiger partial charge in [0.1, 0.15) is 11.5 Å². The lowest BCUT2D eigenvalue weighted by atomic mass is 9.99. The Kier molecular flexibility index (Phi) is 4.67. The molecule has 0 radical (unpaired) electrons. The first-order valence-corrected chi connectivity index (χ1v) is 8.08. The Morgan fingerprint density at radius 1 is 1.12 bits per heavy atom. The molecule has 3 rings (SSSR count). The van der Waals surface area contributed by atoms with Crippen LogP contribution < -0.4 is 11.1 Å². The van der Waals surface area contributed by atoms with Gasteiger partial charge in [-0.3, -0.25) is 4.98 Å². The van der Waals surface area contributed by atoms with Crippen molar-refractivity contribution in [2.24, 2.45) is 0 Å². The molecule has 0 aromatic carbocycles. The van der Waals surface area contributed by atoms with Crippen LogP contribution in [0.2, 0.25) is 0 Å². The standard InChI is InChI=1S/C18H18F3N5/c1-10(2)13-14(12-6-4-8-24-17(12)26-16(13)22)25-9-11-5-3-7-23-15(11)18(19,20)21/h3-8,10H,9H2,1-2H3,(H3,22,24,25,26). The first kappa shape index (κ1) is 17.9. The zero-order chi connectivity index (χ0) is 18.9. The van der Waals surface area contributed by atoms with E-state index in [9.17, 15) is 13.2 Å². The van der Waals surface area contributed by atoms with Crippen LogP contribution in [0.1, 0.15) is 36.6 Å². The second-order valence-electron chi connectivity index (χ2n) is 6.18. The zero-order valence-electron chi connectivity index (χ0n) is 14.3. The first-order chi connectivity index (χ1) is 12.3. The Hall–Kier alpha value is -2.90. The van der Waals surface area contributed by atoms with E-state index in [4.69, 9.17) is 5.73 Å². The number of nitrogens with two attached hydrogens (primary N) is 1. The highest BCUT2D eigenvalue weighted by Gasteiger charge is 2.35. The van der Waals surface area contributed by atoms with E-state index in [1.54, 1.807) is 12.3 Å². The largest absolute Gasteiger partial charge is 0.433 e. The summed E-state index contributed by atoms with van der Waals surface area (Å²) >= 11 is 0.